The van der Waals surface area contributed by atoms with Crippen LogP contribution in [0, 0.1) is 0 Å². The predicted octanol–water partition coefficient (Wildman–Crippen LogP) is 1.82. The van der Waals surface area contributed by atoms with Gasteiger partial charge in [-0.1, -0.05) is 18.2 Å². The maximum Gasteiger partial charge on any atom is 0.320 e. The fourth-order valence-electron chi connectivity index (χ4n) is 1.56. The van der Waals surface area contributed by atoms with Gasteiger partial charge in [0.25, 0.3) is 0 Å². The molecule has 2 atom stereocenters. The van der Waals surface area contributed by atoms with Gasteiger partial charge in [-0.3, -0.25) is 10.1 Å². The molecule has 0 aromatic heterocycles. The second kappa shape index (κ2) is 5.51. The third-order valence-corrected chi connectivity index (χ3v) is 2.48. The molecule has 0 bridgehead atoms. The third-order valence-electron chi connectivity index (χ3n) is 2.48. The number of carboxylic acid groups (broad SMARTS) is 1. The molecule has 88 valence electrons. The molecule has 0 aliphatic rings. The van der Waals surface area contributed by atoms with Crippen LogP contribution in [0.1, 0.15) is 25.5 Å². The Kier molecular flexibility index (Phi) is 4.31. The Bertz CT molecular complexity index is 365. The Morgan fingerprint density at radius 2 is 2.00 bits per heavy atom. The number of aliphatic carboxylic acids is 1. The summed E-state index contributed by atoms with van der Waals surface area (Å²) in [5.41, 5.74) is 0.957. The van der Waals surface area contributed by atoms with Crippen molar-refractivity contribution in [2.75, 3.05) is 7.11 Å². The van der Waals surface area contributed by atoms with Gasteiger partial charge in [0, 0.05) is 11.6 Å². The average molecular weight is 223 g/mol. The van der Waals surface area contributed by atoms with Gasteiger partial charge in [0.15, 0.2) is 0 Å². The van der Waals surface area contributed by atoms with Crippen molar-refractivity contribution in [3.8, 4) is 5.75 Å². The van der Waals surface area contributed by atoms with E-state index in [-0.39, 0.29) is 6.04 Å². The fraction of sp³-hybridized carbons (Fsp3) is 0.417. The summed E-state index contributed by atoms with van der Waals surface area (Å²) in [5.74, 6) is -0.0955. The van der Waals surface area contributed by atoms with Crippen LogP contribution in [0.4, 0.5) is 0 Å². The molecule has 0 radical (unpaired) electrons. The zero-order chi connectivity index (χ0) is 12.1. The fourth-order valence-corrected chi connectivity index (χ4v) is 1.56. The molecule has 1 aromatic carbocycles. The monoisotopic (exact) mass is 223 g/mol. The zero-order valence-electron chi connectivity index (χ0n) is 9.73. The molecule has 1 rings (SSSR count). The summed E-state index contributed by atoms with van der Waals surface area (Å²) in [6, 6.07) is 6.92. The molecule has 0 heterocycles. The Morgan fingerprint density at radius 1 is 1.38 bits per heavy atom. The number of methoxy groups -OCH3 is 1. The lowest BCUT2D eigenvalue weighted by molar-refractivity contribution is -0.139. The van der Waals surface area contributed by atoms with E-state index >= 15 is 0 Å². The standard InChI is InChI=1S/C12H17NO3/c1-8(13-9(2)12(14)15)10-6-4-5-7-11(10)16-3/h4-9,13H,1-3H3,(H,14,15). The molecule has 0 fully saturated rings. The molecule has 16 heavy (non-hydrogen) atoms. The summed E-state index contributed by atoms with van der Waals surface area (Å²) in [7, 11) is 1.60. The first-order valence-electron chi connectivity index (χ1n) is 5.18. The first-order valence-corrected chi connectivity index (χ1v) is 5.18. The van der Waals surface area contributed by atoms with Gasteiger partial charge in [-0.05, 0) is 19.9 Å². The minimum atomic E-state index is -0.859. The van der Waals surface area contributed by atoms with Crippen molar-refractivity contribution in [3.63, 3.8) is 0 Å². The molecule has 4 heteroatoms. The van der Waals surface area contributed by atoms with Gasteiger partial charge < -0.3 is 9.84 Å². The van der Waals surface area contributed by atoms with Crippen LogP contribution in [0.2, 0.25) is 0 Å². The van der Waals surface area contributed by atoms with E-state index in [0.29, 0.717) is 0 Å². The number of carboxylic acids is 1. The number of para-hydroxylation sites is 1. The van der Waals surface area contributed by atoms with Gasteiger partial charge in [0.2, 0.25) is 0 Å². The van der Waals surface area contributed by atoms with Crippen LogP contribution in [0.3, 0.4) is 0 Å². The minimum Gasteiger partial charge on any atom is -0.496 e. The lowest BCUT2D eigenvalue weighted by Crippen LogP contribution is -2.35. The molecule has 0 aliphatic carbocycles. The Morgan fingerprint density at radius 3 is 2.56 bits per heavy atom. The average Bonchev–Trinajstić information content (AvgIpc) is 2.28. The molecule has 0 aliphatic heterocycles. The highest BCUT2D eigenvalue weighted by Gasteiger charge is 2.16. The van der Waals surface area contributed by atoms with Gasteiger partial charge in [-0.15, -0.1) is 0 Å². The first-order chi connectivity index (χ1) is 7.56. The summed E-state index contributed by atoms with van der Waals surface area (Å²) < 4.78 is 5.22. The van der Waals surface area contributed by atoms with Crippen molar-refractivity contribution in [1.82, 2.24) is 5.32 Å². The van der Waals surface area contributed by atoms with E-state index in [0.717, 1.165) is 11.3 Å². The summed E-state index contributed by atoms with van der Waals surface area (Å²) >= 11 is 0. The van der Waals surface area contributed by atoms with Crippen molar-refractivity contribution >= 4 is 5.97 Å². The number of hydrogen-bond donors (Lipinski definition) is 2. The van der Waals surface area contributed by atoms with Crippen LogP contribution in [-0.4, -0.2) is 24.2 Å². The Hall–Kier alpha value is -1.55. The maximum absolute atomic E-state index is 10.7. The predicted molar refractivity (Wildman–Crippen MR) is 61.6 cm³/mol. The number of carbonyl (C=O) groups is 1. The minimum absolute atomic E-state index is 0.0674. The van der Waals surface area contributed by atoms with Crippen LogP contribution in [0.25, 0.3) is 0 Å². The molecule has 4 nitrogen and oxygen atoms in total. The summed E-state index contributed by atoms with van der Waals surface area (Å²) in [4.78, 5) is 10.7. The number of benzene rings is 1. The Labute approximate surface area is 95.2 Å². The summed E-state index contributed by atoms with van der Waals surface area (Å²) in [6.45, 7) is 3.53. The van der Waals surface area contributed by atoms with Gasteiger partial charge in [0.1, 0.15) is 11.8 Å². The van der Waals surface area contributed by atoms with Gasteiger partial charge in [-0.2, -0.15) is 0 Å². The van der Waals surface area contributed by atoms with Crippen molar-refractivity contribution in [2.24, 2.45) is 0 Å². The van der Waals surface area contributed by atoms with E-state index < -0.39 is 12.0 Å². The lowest BCUT2D eigenvalue weighted by Gasteiger charge is -2.19. The lowest BCUT2D eigenvalue weighted by atomic mass is 10.1. The molecule has 0 spiro atoms. The van der Waals surface area contributed by atoms with Crippen LogP contribution >= 0.6 is 0 Å². The second-order valence-electron chi connectivity index (χ2n) is 3.69. The van der Waals surface area contributed by atoms with Crippen molar-refractivity contribution < 1.29 is 14.6 Å². The van der Waals surface area contributed by atoms with E-state index in [4.69, 9.17) is 9.84 Å². The number of rotatable bonds is 5. The van der Waals surface area contributed by atoms with Gasteiger partial charge in [0.05, 0.1) is 7.11 Å². The molecule has 0 saturated carbocycles. The Balaban J connectivity index is 2.79. The van der Waals surface area contributed by atoms with Crippen molar-refractivity contribution in [1.29, 1.82) is 0 Å². The van der Waals surface area contributed by atoms with E-state index in [1.54, 1.807) is 14.0 Å². The number of ether oxygens (including phenoxy) is 1. The van der Waals surface area contributed by atoms with Crippen LogP contribution in [0.15, 0.2) is 24.3 Å². The van der Waals surface area contributed by atoms with E-state index in [1.807, 2.05) is 31.2 Å². The topological polar surface area (TPSA) is 58.6 Å². The zero-order valence-corrected chi connectivity index (χ0v) is 9.73. The van der Waals surface area contributed by atoms with Crippen molar-refractivity contribution in [2.45, 2.75) is 25.9 Å². The molecule has 2 unspecified atom stereocenters. The highest BCUT2D eigenvalue weighted by molar-refractivity contribution is 5.72. The highest BCUT2D eigenvalue weighted by Crippen LogP contribution is 2.24. The van der Waals surface area contributed by atoms with Crippen molar-refractivity contribution in [3.05, 3.63) is 29.8 Å². The highest BCUT2D eigenvalue weighted by atomic mass is 16.5. The SMILES string of the molecule is COc1ccccc1C(C)NC(C)C(=O)O. The number of hydrogen-bond acceptors (Lipinski definition) is 3. The molecular weight excluding hydrogens is 206 g/mol. The molecular formula is C12H17NO3. The second-order valence-corrected chi connectivity index (χ2v) is 3.69. The first kappa shape index (κ1) is 12.5. The molecule has 0 saturated heterocycles. The van der Waals surface area contributed by atoms with Gasteiger partial charge >= 0.3 is 5.97 Å². The van der Waals surface area contributed by atoms with Crippen LogP contribution < -0.4 is 10.1 Å². The quantitative estimate of drug-likeness (QED) is 0.799. The maximum atomic E-state index is 10.7. The van der Waals surface area contributed by atoms with E-state index in [1.165, 1.54) is 0 Å². The summed E-state index contributed by atoms with van der Waals surface area (Å²) in [5, 5.41) is 11.8. The number of nitrogens with one attached hydrogen (secondary N) is 1. The molecule has 0 amide bonds. The van der Waals surface area contributed by atoms with Gasteiger partial charge in [-0.25, -0.2) is 0 Å². The normalized spacial score (nSPS) is 14.2. The van der Waals surface area contributed by atoms with Crippen LogP contribution in [-0.2, 0) is 4.79 Å². The van der Waals surface area contributed by atoms with E-state index in [9.17, 15) is 4.79 Å². The van der Waals surface area contributed by atoms with E-state index in [2.05, 4.69) is 5.32 Å². The molecule has 2 N–H and O–H groups in total. The molecule has 1 aromatic rings. The smallest absolute Gasteiger partial charge is 0.320 e. The third kappa shape index (κ3) is 2.97. The van der Waals surface area contributed by atoms with Crippen LogP contribution in [0.5, 0.6) is 5.75 Å². The largest absolute Gasteiger partial charge is 0.496 e. The summed E-state index contributed by atoms with van der Waals surface area (Å²) in [6.07, 6.45) is 0.